The topological polar surface area (TPSA) is 68.7 Å². The predicted octanol–water partition coefficient (Wildman–Crippen LogP) is 3.68. The van der Waals surface area contributed by atoms with Gasteiger partial charge in [0.25, 0.3) is 0 Å². The summed E-state index contributed by atoms with van der Waals surface area (Å²) >= 11 is 0. The van der Waals surface area contributed by atoms with Crippen LogP contribution in [0.25, 0.3) is 0 Å². The normalized spacial score (nSPS) is 14.9. The lowest BCUT2D eigenvalue weighted by Crippen LogP contribution is -2.31. The van der Waals surface area contributed by atoms with Crippen molar-refractivity contribution in [3.63, 3.8) is 0 Å². The van der Waals surface area contributed by atoms with E-state index >= 15 is 0 Å². The third-order valence-electron chi connectivity index (χ3n) is 4.00. The number of pyridine rings is 1. The Hall–Kier alpha value is -2.53. The minimum atomic E-state index is -5.40. The number of esters is 2. The van der Waals surface area contributed by atoms with Gasteiger partial charge in [0.1, 0.15) is 11.1 Å². The monoisotopic (exact) mass is 414 g/mol. The average molecular weight is 414 g/mol. The highest BCUT2D eigenvalue weighted by Crippen LogP contribution is 2.44. The van der Waals surface area contributed by atoms with Gasteiger partial charge in [-0.25, -0.2) is 14.6 Å². The Bertz CT molecular complexity index is 770. The van der Waals surface area contributed by atoms with Crippen LogP contribution in [0.15, 0.2) is 0 Å². The highest BCUT2D eigenvalue weighted by molar-refractivity contribution is 6.06. The Morgan fingerprint density at radius 2 is 1.43 bits per heavy atom. The molecule has 0 radical (unpaired) electrons. The summed E-state index contributed by atoms with van der Waals surface area (Å²) in [5.41, 5.74) is -7.43. The highest BCUT2D eigenvalue weighted by Gasteiger charge is 2.48. The van der Waals surface area contributed by atoms with Crippen LogP contribution in [0.2, 0.25) is 0 Å². The second kappa shape index (κ2) is 7.84. The predicted molar refractivity (Wildman–Crippen MR) is 83.0 cm³/mol. The fourth-order valence-electron chi connectivity index (χ4n) is 2.93. The van der Waals surface area contributed by atoms with E-state index in [1.54, 1.807) is 0 Å². The number of carbonyl (C=O) groups excluding carboxylic acids is 2. The molecular formula is C16H16F6N2O4. The quantitative estimate of drug-likeness (QED) is 0.553. The van der Waals surface area contributed by atoms with Crippen LogP contribution < -0.4 is 4.90 Å². The van der Waals surface area contributed by atoms with Gasteiger partial charge >= 0.3 is 24.3 Å². The molecule has 12 heteroatoms. The van der Waals surface area contributed by atoms with Gasteiger partial charge < -0.3 is 14.4 Å². The molecular weight excluding hydrogens is 398 g/mol. The molecule has 1 fully saturated rings. The summed E-state index contributed by atoms with van der Waals surface area (Å²) in [6, 6.07) is 0. The van der Waals surface area contributed by atoms with Crippen LogP contribution in [-0.4, -0.2) is 43.7 Å². The van der Waals surface area contributed by atoms with Gasteiger partial charge in [0.2, 0.25) is 0 Å². The molecule has 0 N–H and O–H groups in total. The molecule has 6 nitrogen and oxygen atoms in total. The molecule has 2 rings (SSSR count). The van der Waals surface area contributed by atoms with Gasteiger partial charge in [0.15, 0.2) is 11.4 Å². The van der Waals surface area contributed by atoms with Crippen LogP contribution in [0.3, 0.4) is 0 Å². The zero-order chi connectivity index (χ0) is 21.3. The fraction of sp³-hybridized carbons (Fsp3) is 0.562. The molecule has 0 spiro atoms. The van der Waals surface area contributed by atoms with Gasteiger partial charge in [-0.2, -0.15) is 26.3 Å². The first-order valence-electron chi connectivity index (χ1n) is 8.16. The number of halogens is 6. The van der Waals surface area contributed by atoms with Gasteiger partial charge in [-0.3, -0.25) is 0 Å². The Kier molecular flexibility index (Phi) is 6.09. The van der Waals surface area contributed by atoms with Crippen LogP contribution in [-0.2, 0) is 21.8 Å². The molecule has 0 saturated carbocycles. The van der Waals surface area contributed by atoms with E-state index in [1.165, 1.54) is 6.92 Å². The van der Waals surface area contributed by atoms with Crippen LogP contribution in [0.5, 0.6) is 0 Å². The van der Waals surface area contributed by atoms with Crippen molar-refractivity contribution >= 4 is 17.6 Å². The van der Waals surface area contributed by atoms with Crippen molar-refractivity contribution in [2.24, 2.45) is 0 Å². The molecule has 28 heavy (non-hydrogen) atoms. The number of hydrogen-bond donors (Lipinski definition) is 0. The molecule has 0 amide bonds. The zero-order valence-electron chi connectivity index (χ0n) is 14.8. The van der Waals surface area contributed by atoms with E-state index in [9.17, 15) is 35.9 Å². The molecule has 0 bridgehead atoms. The van der Waals surface area contributed by atoms with E-state index < -0.39 is 52.5 Å². The highest BCUT2D eigenvalue weighted by atomic mass is 19.4. The summed E-state index contributed by atoms with van der Waals surface area (Å²) in [5, 5.41) is 0. The molecule has 0 unspecified atom stereocenters. The average Bonchev–Trinajstić information content (AvgIpc) is 3.12. The summed E-state index contributed by atoms with van der Waals surface area (Å²) < 4.78 is 90.0. The second-order valence-corrected chi connectivity index (χ2v) is 5.81. The second-order valence-electron chi connectivity index (χ2n) is 5.81. The standard InChI is InChI=1S/C16H16F6N2O4/c1-3-28-14(26)9-10(24-6-4-5-7-24)8(13(25)27-2)11(15(17,18)19)23-12(9)16(20,21)22/h3-7H2,1-2H3. The van der Waals surface area contributed by atoms with Gasteiger partial charge in [0.05, 0.1) is 19.4 Å². The summed E-state index contributed by atoms with van der Waals surface area (Å²) in [6.07, 6.45) is -9.89. The molecule has 1 saturated heterocycles. The minimum absolute atomic E-state index is 0.0506. The Morgan fingerprint density at radius 3 is 1.82 bits per heavy atom. The summed E-state index contributed by atoms with van der Waals surface area (Å²) in [4.78, 5) is 28.2. The summed E-state index contributed by atoms with van der Waals surface area (Å²) in [7, 11) is 0.776. The Balaban J connectivity index is 3.02. The smallest absolute Gasteiger partial charge is 0.434 e. The maximum Gasteiger partial charge on any atom is 0.434 e. The number of carbonyl (C=O) groups is 2. The molecule has 156 valence electrons. The van der Waals surface area contributed by atoms with Gasteiger partial charge in [-0.05, 0) is 19.8 Å². The number of hydrogen-bond acceptors (Lipinski definition) is 6. The zero-order valence-corrected chi connectivity index (χ0v) is 14.8. The molecule has 0 aliphatic carbocycles. The first-order chi connectivity index (χ1) is 12.9. The van der Waals surface area contributed by atoms with Gasteiger partial charge in [-0.15, -0.1) is 0 Å². The Morgan fingerprint density at radius 1 is 0.964 bits per heavy atom. The lowest BCUT2D eigenvalue weighted by Gasteiger charge is -2.27. The van der Waals surface area contributed by atoms with Crippen LogP contribution in [0, 0.1) is 0 Å². The van der Waals surface area contributed by atoms with Crippen molar-refractivity contribution in [3.05, 3.63) is 22.5 Å². The first-order valence-corrected chi connectivity index (χ1v) is 8.16. The van der Waals surface area contributed by atoms with Gasteiger partial charge in [-0.1, -0.05) is 0 Å². The molecule has 1 aromatic rings. The van der Waals surface area contributed by atoms with Crippen LogP contribution in [0.4, 0.5) is 32.0 Å². The first kappa shape index (κ1) is 21.8. The minimum Gasteiger partial charge on any atom is -0.465 e. The van der Waals surface area contributed by atoms with E-state index in [-0.39, 0.29) is 19.7 Å². The molecule has 1 aromatic heterocycles. The summed E-state index contributed by atoms with van der Waals surface area (Å²) in [6.45, 7) is 1.09. The van der Waals surface area contributed by atoms with E-state index in [1.807, 2.05) is 0 Å². The lowest BCUT2D eigenvalue weighted by atomic mass is 10.0. The fourth-order valence-corrected chi connectivity index (χ4v) is 2.93. The molecule has 1 aliphatic heterocycles. The van der Waals surface area contributed by atoms with E-state index in [2.05, 4.69) is 14.5 Å². The van der Waals surface area contributed by atoms with Crippen molar-refractivity contribution in [2.75, 3.05) is 31.7 Å². The summed E-state index contributed by atoms with van der Waals surface area (Å²) in [5.74, 6) is -3.08. The molecule has 0 aromatic carbocycles. The number of alkyl halides is 6. The molecule has 2 heterocycles. The number of ether oxygens (including phenoxy) is 2. The van der Waals surface area contributed by atoms with Gasteiger partial charge in [0, 0.05) is 13.1 Å². The van der Waals surface area contributed by atoms with E-state index in [0.717, 1.165) is 12.0 Å². The van der Waals surface area contributed by atoms with Crippen LogP contribution >= 0.6 is 0 Å². The Labute approximate surface area is 155 Å². The molecule has 0 atom stereocenters. The lowest BCUT2D eigenvalue weighted by molar-refractivity contribution is -0.150. The van der Waals surface area contributed by atoms with E-state index in [0.29, 0.717) is 12.8 Å². The molecule has 1 aliphatic rings. The number of aromatic nitrogens is 1. The number of anilines is 1. The van der Waals surface area contributed by atoms with Crippen molar-refractivity contribution in [3.8, 4) is 0 Å². The largest absolute Gasteiger partial charge is 0.465 e. The maximum absolute atomic E-state index is 13.5. The third kappa shape index (κ3) is 4.14. The number of nitrogens with zero attached hydrogens (tertiary/aromatic N) is 2. The van der Waals surface area contributed by atoms with E-state index in [4.69, 9.17) is 0 Å². The SMILES string of the molecule is CCOC(=O)c1c(C(F)(F)F)nc(C(F)(F)F)c(C(=O)OC)c1N1CCCC1. The number of rotatable bonds is 4. The van der Waals surface area contributed by atoms with Crippen molar-refractivity contribution < 1.29 is 45.4 Å². The van der Waals surface area contributed by atoms with Crippen LogP contribution in [0.1, 0.15) is 51.9 Å². The van der Waals surface area contributed by atoms with Crippen molar-refractivity contribution in [1.29, 1.82) is 0 Å². The van der Waals surface area contributed by atoms with Crippen molar-refractivity contribution in [1.82, 2.24) is 4.98 Å². The maximum atomic E-state index is 13.5. The van der Waals surface area contributed by atoms with Crippen molar-refractivity contribution in [2.45, 2.75) is 32.1 Å². The third-order valence-corrected chi connectivity index (χ3v) is 4.00. The number of methoxy groups -OCH3 is 1.